The second-order valence-corrected chi connectivity index (χ2v) is 4.50. The first-order valence-electron chi connectivity index (χ1n) is 6.46. The SMILES string of the molecule is N#C/C(NN)=C(/N)c1cccc(OC2CCOCC2)c1. The number of nitriles is 1. The van der Waals surface area contributed by atoms with Gasteiger partial charge in [-0.1, -0.05) is 12.1 Å². The molecule has 1 aromatic carbocycles. The van der Waals surface area contributed by atoms with E-state index in [9.17, 15) is 0 Å². The Balaban J connectivity index is 2.15. The molecule has 1 aliphatic rings. The number of ether oxygens (including phenoxy) is 2. The highest BCUT2D eigenvalue weighted by Crippen LogP contribution is 2.22. The Morgan fingerprint density at radius 1 is 1.40 bits per heavy atom. The summed E-state index contributed by atoms with van der Waals surface area (Å²) in [6.07, 6.45) is 1.92. The Kier molecular flexibility index (Phi) is 4.82. The van der Waals surface area contributed by atoms with E-state index in [0.29, 0.717) is 11.3 Å². The van der Waals surface area contributed by atoms with Gasteiger partial charge in [0.2, 0.25) is 0 Å². The normalized spacial score (nSPS) is 17.0. The van der Waals surface area contributed by atoms with Gasteiger partial charge in [-0.25, -0.2) is 5.84 Å². The monoisotopic (exact) mass is 274 g/mol. The topological polar surface area (TPSA) is 106 Å². The molecule has 1 aromatic rings. The van der Waals surface area contributed by atoms with E-state index in [2.05, 4.69) is 5.43 Å². The van der Waals surface area contributed by atoms with Crippen LogP contribution in [0.25, 0.3) is 5.70 Å². The number of nitrogens with one attached hydrogen (secondary N) is 1. The Labute approximate surface area is 117 Å². The summed E-state index contributed by atoms with van der Waals surface area (Å²) in [7, 11) is 0. The van der Waals surface area contributed by atoms with E-state index in [4.69, 9.17) is 26.3 Å². The lowest BCUT2D eigenvalue weighted by Crippen LogP contribution is -2.26. The summed E-state index contributed by atoms with van der Waals surface area (Å²) in [5, 5.41) is 8.91. The third-order valence-electron chi connectivity index (χ3n) is 3.14. The van der Waals surface area contributed by atoms with E-state index in [0.717, 1.165) is 31.8 Å². The van der Waals surface area contributed by atoms with Gasteiger partial charge in [-0.15, -0.1) is 0 Å². The number of hydrogen-bond donors (Lipinski definition) is 3. The maximum absolute atomic E-state index is 8.91. The number of rotatable bonds is 4. The maximum Gasteiger partial charge on any atom is 0.151 e. The molecule has 0 atom stereocenters. The van der Waals surface area contributed by atoms with E-state index in [1.807, 2.05) is 18.2 Å². The molecule has 1 heterocycles. The minimum absolute atomic E-state index is 0.133. The van der Waals surface area contributed by atoms with Crippen molar-refractivity contribution in [1.29, 1.82) is 5.26 Å². The zero-order chi connectivity index (χ0) is 14.4. The zero-order valence-electron chi connectivity index (χ0n) is 11.1. The van der Waals surface area contributed by atoms with Crippen molar-refractivity contribution in [2.75, 3.05) is 13.2 Å². The van der Waals surface area contributed by atoms with Crippen molar-refractivity contribution in [3.8, 4) is 11.8 Å². The van der Waals surface area contributed by atoms with Crippen LogP contribution in [-0.2, 0) is 4.74 Å². The average molecular weight is 274 g/mol. The molecule has 2 rings (SSSR count). The lowest BCUT2D eigenvalue weighted by Gasteiger charge is -2.23. The zero-order valence-corrected chi connectivity index (χ0v) is 11.1. The lowest BCUT2D eigenvalue weighted by molar-refractivity contribution is 0.0255. The highest BCUT2D eigenvalue weighted by Gasteiger charge is 2.15. The third kappa shape index (κ3) is 3.41. The van der Waals surface area contributed by atoms with E-state index in [-0.39, 0.29) is 11.8 Å². The molecule has 106 valence electrons. The smallest absolute Gasteiger partial charge is 0.151 e. The predicted molar refractivity (Wildman–Crippen MR) is 75.0 cm³/mol. The first kappa shape index (κ1) is 14.2. The van der Waals surface area contributed by atoms with Crippen LogP contribution < -0.4 is 21.7 Å². The van der Waals surface area contributed by atoms with Gasteiger partial charge in [-0.3, -0.25) is 0 Å². The molecule has 0 radical (unpaired) electrons. The average Bonchev–Trinajstić information content (AvgIpc) is 2.49. The molecule has 6 heteroatoms. The summed E-state index contributed by atoms with van der Waals surface area (Å²) >= 11 is 0. The van der Waals surface area contributed by atoms with Gasteiger partial charge < -0.3 is 20.6 Å². The molecule has 20 heavy (non-hydrogen) atoms. The Morgan fingerprint density at radius 2 is 2.15 bits per heavy atom. The van der Waals surface area contributed by atoms with Gasteiger partial charge in [0.05, 0.1) is 18.9 Å². The van der Waals surface area contributed by atoms with Crippen molar-refractivity contribution in [1.82, 2.24) is 5.43 Å². The summed E-state index contributed by atoms with van der Waals surface area (Å²) in [4.78, 5) is 0. The van der Waals surface area contributed by atoms with E-state index >= 15 is 0 Å². The van der Waals surface area contributed by atoms with Gasteiger partial charge in [0.1, 0.15) is 17.9 Å². The number of hydrazine groups is 1. The van der Waals surface area contributed by atoms with Crippen molar-refractivity contribution in [2.24, 2.45) is 11.6 Å². The number of hydrogen-bond acceptors (Lipinski definition) is 6. The van der Waals surface area contributed by atoms with Gasteiger partial charge in [-0.2, -0.15) is 5.26 Å². The number of benzene rings is 1. The third-order valence-corrected chi connectivity index (χ3v) is 3.14. The quantitative estimate of drug-likeness (QED) is 0.427. The van der Waals surface area contributed by atoms with Crippen LogP contribution in [0.2, 0.25) is 0 Å². The molecule has 1 saturated heterocycles. The standard InChI is InChI=1S/C14H18N4O2/c15-9-13(18-17)14(16)10-2-1-3-12(8-10)20-11-4-6-19-7-5-11/h1-3,8,11,18H,4-7,16-17H2/b14-13-. The molecule has 1 aliphatic heterocycles. The van der Waals surface area contributed by atoms with E-state index < -0.39 is 0 Å². The van der Waals surface area contributed by atoms with Crippen molar-refractivity contribution in [3.05, 3.63) is 35.5 Å². The molecular formula is C14H18N4O2. The van der Waals surface area contributed by atoms with Crippen LogP contribution in [-0.4, -0.2) is 19.3 Å². The lowest BCUT2D eigenvalue weighted by atomic mass is 10.1. The second kappa shape index (κ2) is 6.80. The minimum Gasteiger partial charge on any atom is -0.490 e. The van der Waals surface area contributed by atoms with Crippen molar-refractivity contribution in [3.63, 3.8) is 0 Å². The molecule has 0 aliphatic carbocycles. The molecule has 0 saturated carbocycles. The van der Waals surface area contributed by atoms with Gasteiger partial charge >= 0.3 is 0 Å². The molecule has 0 bridgehead atoms. The molecule has 5 N–H and O–H groups in total. The van der Waals surface area contributed by atoms with E-state index in [1.165, 1.54) is 0 Å². The molecule has 0 unspecified atom stereocenters. The summed E-state index contributed by atoms with van der Waals surface area (Å²) in [5.41, 5.74) is 9.32. The number of nitrogens with two attached hydrogens (primary N) is 2. The molecule has 0 amide bonds. The van der Waals surface area contributed by atoms with Crippen LogP contribution >= 0.6 is 0 Å². The van der Waals surface area contributed by atoms with Crippen LogP contribution in [0.4, 0.5) is 0 Å². The molecule has 6 nitrogen and oxygen atoms in total. The fourth-order valence-electron chi connectivity index (χ4n) is 2.04. The van der Waals surface area contributed by atoms with Crippen molar-refractivity contribution >= 4 is 5.70 Å². The number of allylic oxidation sites excluding steroid dienone is 1. The maximum atomic E-state index is 8.91. The molecule has 0 spiro atoms. The van der Waals surface area contributed by atoms with Gasteiger partial charge in [0.15, 0.2) is 5.70 Å². The van der Waals surface area contributed by atoms with Crippen LogP contribution in [0.3, 0.4) is 0 Å². The molecule has 1 fully saturated rings. The van der Waals surface area contributed by atoms with E-state index in [1.54, 1.807) is 12.1 Å². The van der Waals surface area contributed by atoms with Crippen LogP contribution in [0, 0.1) is 11.3 Å². The summed E-state index contributed by atoms with van der Waals surface area (Å²) in [5.74, 6) is 5.98. The van der Waals surface area contributed by atoms with Crippen LogP contribution in [0.15, 0.2) is 30.0 Å². The fraction of sp³-hybridized carbons (Fsp3) is 0.357. The minimum atomic E-state index is 0.133. The summed E-state index contributed by atoms with van der Waals surface area (Å²) < 4.78 is 11.2. The predicted octanol–water partition coefficient (Wildman–Crippen LogP) is 0.859. The largest absolute Gasteiger partial charge is 0.490 e. The Morgan fingerprint density at radius 3 is 2.80 bits per heavy atom. The van der Waals surface area contributed by atoms with Crippen molar-refractivity contribution in [2.45, 2.75) is 18.9 Å². The van der Waals surface area contributed by atoms with Crippen molar-refractivity contribution < 1.29 is 9.47 Å². The fourth-order valence-corrected chi connectivity index (χ4v) is 2.04. The summed E-state index contributed by atoms with van der Waals surface area (Å²) in [6, 6.07) is 9.23. The van der Waals surface area contributed by atoms with Gasteiger partial charge in [-0.05, 0) is 12.1 Å². The van der Waals surface area contributed by atoms with Crippen LogP contribution in [0.1, 0.15) is 18.4 Å². The molecular weight excluding hydrogens is 256 g/mol. The second-order valence-electron chi connectivity index (χ2n) is 4.50. The number of nitrogens with zero attached hydrogens (tertiary/aromatic N) is 1. The summed E-state index contributed by atoms with van der Waals surface area (Å²) in [6.45, 7) is 1.45. The highest BCUT2D eigenvalue weighted by atomic mass is 16.5. The highest BCUT2D eigenvalue weighted by molar-refractivity contribution is 5.69. The molecule has 0 aromatic heterocycles. The van der Waals surface area contributed by atoms with Gasteiger partial charge in [0.25, 0.3) is 0 Å². The van der Waals surface area contributed by atoms with Crippen LogP contribution in [0.5, 0.6) is 5.75 Å². The first-order chi connectivity index (χ1) is 9.74. The van der Waals surface area contributed by atoms with Gasteiger partial charge in [0, 0.05) is 18.4 Å². The Hall–Kier alpha value is -2.23. The Bertz CT molecular complexity index is 530. The first-order valence-corrected chi connectivity index (χ1v) is 6.46.